The predicted molar refractivity (Wildman–Crippen MR) is 138 cm³/mol. The van der Waals surface area contributed by atoms with Gasteiger partial charge in [-0.3, -0.25) is 9.69 Å². The number of β-amino-alcohol motifs (C(OH)–C–C–N with tert-alkyl or cyclic N) is 1. The highest BCUT2D eigenvalue weighted by atomic mass is 32.2. The van der Waals surface area contributed by atoms with Crippen molar-refractivity contribution in [3.8, 4) is 5.75 Å². The first kappa shape index (κ1) is 25.1. The molecule has 0 spiro atoms. The molecule has 3 N–H and O–H groups in total. The fourth-order valence-corrected chi connectivity index (χ4v) is 6.62. The van der Waals surface area contributed by atoms with Gasteiger partial charge in [-0.25, -0.2) is 0 Å². The number of carbonyl (C=O) groups excluding carboxylic acids is 1. The number of amides is 1. The Kier molecular flexibility index (Phi) is 8.56. The van der Waals surface area contributed by atoms with E-state index < -0.39 is 12.1 Å². The minimum atomic E-state index is -0.680. The second-order valence-electron chi connectivity index (χ2n) is 10.1. The highest BCUT2D eigenvalue weighted by Crippen LogP contribution is 2.38. The highest BCUT2D eigenvalue weighted by Gasteiger charge is 2.36. The molecule has 34 heavy (non-hydrogen) atoms. The van der Waals surface area contributed by atoms with Gasteiger partial charge < -0.3 is 15.5 Å². The lowest BCUT2D eigenvalue weighted by Gasteiger charge is -2.46. The first-order valence-corrected chi connectivity index (χ1v) is 13.6. The molecule has 1 saturated carbocycles. The zero-order valence-electron chi connectivity index (χ0n) is 20.3. The van der Waals surface area contributed by atoms with Crippen molar-refractivity contribution in [3.05, 3.63) is 59.7 Å². The van der Waals surface area contributed by atoms with E-state index in [-0.39, 0.29) is 11.7 Å². The number of carbonyl (C=O) groups is 1. The SMILES string of the molecule is Cc1c(O)cccc1C(=O)NC(CSc1ccccc1)C(O)CN1C[C@H]2CCCC[C@H]2CC1C. The average molecular weight is 483 g/mol. The molecule has 1 saturated heterocycles. The summed E-state index contributed by atoms with van der Waals surface area (Å²) in [5.41, 5.74) is 0.996. The molecule has 1 aliphatic carbocycles. The molecule has 2 fully saturated rings. The first-order valence-electron chi connectivity index (χ1n) is 12.6. The Morgan fingerprint density at radius 1 is 1.12 bits per heavy atom. The van der Waals surface area contributed by atoms with Crippen LogP contribution in [0.2, 0.25) is 0 Å². The largest absolute Gasteiger partial charge is 0.508 e. The Morgan fingerprint density at radius 2 is 1.85 bits per heavy atom. The van der Waals surface area contributed by atoms with Crippen LogP contribution < -0.4 is 5.32 Å². The third-order valence-electron chi connectivity index (χ3n) is 7.73. The maximum absolute atomic E-state index is 13.1. The summed E-state index contributed by atoms with van der Waals surface area (Å²) in [6.45, 7) is 5.62. The molecule has 0 aromatic heterocycles. The number of likely N-dealkylation sites (tertiary alicyclic amines) is 1. The number of nitrogens with one attached hydrogen (secondary N) is 1. The fraction of sp³-hybridized carbons (Fsp3) is 0.536. The summed E-state index contributed by atoms with van der Waals surface area (Å²) in [5, 5.41) is 24.5. The van der Waals surface area contributed by atoms with Crippen LogP contribution in [0.3, 0.4) is 0 Å². The minimum absolute atomic E-state index is 0.104. The number of hydrogen-bond acceptors (Lipinski definition) is 5. The molecule has 2 aliphatic rings. The lowest BCUT2D eigenvalue weighted by molar-refractivity contribution is 0.00588. The highest BCUT2D eigenvalue weighted by molar-refractivity contribution is 7.99. The molecular formula is C28H38N2O3S. The van der Waals surface area contributed by atoms with Crippen molar-refractivity contribution in [2.24, 2.45) is 11.8 Å². The normalized spacial score (nSPS) is 24.7. The summed E-state index contributed by atoms with van der Waals surface area (Å²) in [6, 6.07) is 15.1. The van der Waals surface area contributed by atoms with Gasteiger partial charge in [0.25, 0.3) is 5.91 Å². The van der Waals surface area contributed by atoms with Crippen LogP contribution >= 0.6 is 11.8 Å². The van der Waals surface area contributed by atoms with Crippen molar-refractivity contribution in [3.63, 3.8) is 0 Å². The van der Waals surface area contributed by atoms with Crippen LogP contribution in [0.5, 0.6) is 5.75 Å². The number of aromatic hydroxyl groups is 1. The lowest BCUT2D eigenvalue weighted by atomic mass is 9.73. The fourth-order valence-electron chi connectivity index (χ4n) is 5.59. The number of phenolic OH excluding ortho intramolecular Hbond substituents is 1. The molecule has 1 amide bonds. The Bertz CT molecular complexity index is 954. The standard InChI is InChI=1S/C28H38N2O3S/c1-19-15-21-9-6-7-10-22(21)16-30(19)17-27(32)25(18-34-23-11-4-3-5-12-23)29-28(33)24-13-8-14-26(31)20(24)2/h3-5,8,11-14,19,21-22,25,27,31-32H,6-7,9-10,15-18H2,1-2H3,(H,29,33)/t19?,21-,22+,25?,27?/m0/s1. The number of fused-ring (bicyclic) bond motifs is 1. The van der Waals surface area contributed by atoms with Crippen molar-refractivity contribution in [2.75, 3.05) is 18.8 Å². The third kappa shape index (κ3) is 6.15. The quantitative estimate of drug-likeness (QED) is 0.469. The van der Waals surface area contributed by atoms with Gasteiger partial charge in [0, 0.05) is 40.9 Å². The second kappa shape index (κ2) is 11.6. The summed E-state index contributed by atoms with van der Waals surface area (Å²) < 4.78 is 0. The lowest BCUT2D eigenvalue weighted by Crippen LogP contribution is -2.54. The van der Waals surface area contributed by atoms with E-state index in [1.807, 2.05) is 30.3 Å². The van der Waals surface area contributed by atoms with Gasteiger partial charge >= 0.3 is 0 Å². The smallest absolute Gasteiger partial charge is 0.252 e. The summed E-state index contributed by atoms with van der Waals surface area (Å²) in [4.78, 5) is 16.7. The minimum Gasteiger partial charge on any atom is -0.508 e. The van der Waals surface area contributed by atoms with Crippen LogP contribution in [0.25, 0.3) is 0 Å². The zero-order valence-corrected chi connectivity index (χ0v) is 21.1. The topological polar surface area (TPSA) is 72.8 Å². The summed E-state index contributed by atoms with van der Waals surface area (Å²) >= 11 is 1.64. The van der Waals surface area contributed by atoms with E-state index in [1.54, 1.807) is 36.9 Å². The molecule has 2 aromatic rings. The Balaban J connectivity index is 1.46. The van der Waals surface area contributed by atoms with E-state index >= 15 is 0 Å². The summed E-state index contributed by atoms with van der Waals surface area (Å²) in [7, 11) is 0. The number of benzene rings is 2. The Morgan fingerprint density at radius 3 is 2.62 bits per heavy atom. The maximum atomic E-state index is 13.1. The zero-order chi connectivity index (χ0) is 24.1. The number of thioether (sulfide) groups is 1. The van der Waals surface area contributed by atoms with Crippen molar-refractivity contribution in [1.29, 1.82) is 0 Å². The van der Waals surface area contributed by atoms with Gasteiger partial charge in [0.1, 0.15) is 5.75 Å². The second-order valence-corrected chi connectivity index (χ2v) is 11.2. The summed E-state index contributed by atoms with van der Waals surface area (Å²) in [6.07, 6.45) is 5.85. The van der Waals surface area contributed by atoms with Gasteiger partial charge in [0.15, 0.2) is 0 Å². The number of hydrogen-bond donors (Lipinski definition) is 3. The number of rotatable bonds is 8. The molecule has 0 bridgehead atoms. The van der Waals surface area contributed by atoms with E-state index in [0.717, 1.165) is 23.3 Å². The molecule has 5 nitrogen and oxygen atoms in total. The molecule has 2 aromatic carbocycles. The van der Waals surface area contributed by atoms with Crippen LogP contribution in [0.1, 0.15) is 54.9 Å². The number of phenols is 1. The third-order valence-corrected chi connectivity index (χ3v) is 8.86. The van der Waals surface area contributed by atoms with E-state index in [9.17, 15) is 15.0 Å². The van der Waals surface area contributed by atoms with Crippen LogP contribution in [0.15, 0.2) is 53.4 Å². The van der Waals surface area contributed by atoms with Crippen LogP contribution in [0, 0.1) is 18.8 Å². The molecule has 5 atom stereocenters. The molecule has 1 aliphatic heterocycles. The Hall–Kier alpha value is -2.02. The van der Waals surface area contributed by atoms with Gasteiger partial charge in [-0.15, -0.1) is 11.8 Å². The van der Waals surface area contributed by atoms with Gasteiger partial charge in [-0.1, -0.05) is 43.5 Å². The van der Waals surface area contributed by atoms with Gasteiger partial charge in [0.2, 0.25) is 0 Å². The number of nitrogens with zero attached hydrogens (tertiary/aromatic N) is 1. The van der Waals surface area contributed by atoms with Crippen molar-refractivity contribution in [1.82, 2.24) is 10.2 Å². The Labute approximate surface area is 207 Å². The summed E-state index contributed by atoms with van der Waals surface area (Å²) in [5.74, 6) is 1.98. The molecular weight excluding hydrogens is 444 g/mol. The van der Waals surface area contributed by atoms with Gasteiger partial charge in [-0.05, 0) is 62.8 Å². The van der Waals surface area contributed by atoms with Crippen LogP contribution in [-0.4, -0.2) is 58.1 Å². The maximum Gasteiger partial charge on any atom is 0.252 e. The van der Waals surface area contributed by atoms with Crippen molar-refractivity contribution in [2.45, 2.75) is 69.0 Å². The van der Waals surface area contributed by atoms with Crippen LogP contribution in [0.4, 0.5) is 0 Å². The number of aliphatic hydroxyl groups is 1. The molecule has 1 heterocycles. The predicted octanol–water partition coefficient (Wildman–Crippen LogP) is 4.85. The van der Waals surface area contributed by atoms with Crippen molar-refractivity contribution < 1.29 is 15.0 Å². The average Bonchev–Trinajstić information content (AvgIpc) is 2.84. The van der Waals surface area contributed by atoms with Gasteiger partial charge in [0.05, 0.1) is 12.1 Å². The molecule has 6 heteroatoms. The number of aliphatic hydroxyl groups excluding tert-OH is 1. The van der Waals surface area contributed by atoms with Crippen LogP contribution in [-0.2, 0) is 0 Å². The molecule has 0 radical (unpaired) electrons. The molecule has 3 unspecified atom stereocenters. The van der Waals surface area contributed by atoms with E-state index in [1.165, 1.54) is 32.1 Å². The van der Waals surface area contributed by atoms with E-state index in [0.29, 0.717) is 29.5 Å². The van der Waals surface area contributed by atoms with Gasteiger partial charge in [-0.2, -0.15) is 0 Å². The molecule has 4 rings (SSSR count). The molecule has 184 valence electrons. The van der Waals surface area contributed by atoms with E-state index in [2.05, 4.69) is 17.1 Å². The van der Waals surface area contributed by atoms with E-state index in [4.69, 9.17) is 0 Å². The first-order chi connectivity index (χ1) is 16.4. The number of piperidine rings is 1. The monoisotopic (exact) mass is 482 g/mol. The van der Waals surface area contributed by atoms with Crippen molar-refractivity contribution >= 4 is 17.7 Å².